The van der Waals surface area contributed by atoms with Crippen molar-refractivity contribution in [1.29, 1.82) is 0 Å². The Morgan fingerprint density at radius 3 is 2.32 bits per heavy atom. The Kier molecular flexibility index (Phi) is 5.52. The highest BCUT2D eigenvalue weighted by Crippen LogP contribution is 2.24. The van der Waals surface area contributed by atoms with Crippen LogP contribution in [0.1, 0.15) is 10.4 Å². The van der Waals surface area contributed by atoms with Gasteiger partial charge in [0.2, 0.25) is 0 Å². The van der Waals surface area contributed by atoms with Crippen LogP contribution in [0.15, 0.2) is 40.2 Å². The number of thiophene rings is 1. The van der Waals surface area contributed by atoms with Crippen LogP contribution in [0.2, 0.25) is 0 Å². The second kappa shape index (κ2) is 7.59. The van der Waals surface area contributed by atoms with E-state index in [4.69, 9.17) is 4.74 Å². The van der Waals surface area contributed by atoms with Gasteiger partial charge in [-0.15, -0.1) is 11.3 Å². The Morgan fingerprint density at radius 1 is 1.00 bits per heavy atom. The number of methoxy groups -OCH3 is 1. The molecule has 1 aliphatic heterocycles. The van der Waals surface area contributed by atoms with Crippen molar-refractivity contribution < 1.29 is 4.74 Å². The maximum atomic E-state index is 5.45. The van der Waals surface area contributed by atoms with Crippen LogP contribution in [0.3, 0.4) is 0 Å². The third kappa shape index (κ3) is 4.10. The average Bonchev–Trinajstić information content (AvgIpc) is 2.95. The number of piperazine rings is 1. The smallest absolute Gasteiger partial charge is 0.123 e. The van der Waals surface area contributed by atoms with Crippen LogP contribution in [-0.4, -0.2) is 43.1 Å². The van der Waals surface area contributed by atoms with Crippen molar-refractivity contribution in [3.8, 4) is 5.75 Å². The van der Waals surface area contributed by atoms with E-state index >= 15 is 0 Å². The number of para-hydroxylation sites is 1. The topological polar surface area (TPSA) is 15.7 Å². The summed E-state index contributed by atoms with van der Waals surface area (Å²) in [6.07, 6.45) is 0. The number of hydrogen-bond acceptors (Lipinski definition) is 4. The Morgan fingerprint density at radius 2 is 1.68 bits per heavy atom. The Labute approximate surface area is 144 Å². The third-order valence-electron chi connectivity index (χ3n) is 4.06. The van der Waals surface area contributed by atoms with E-state index in [1.54, 1.807) is 7.11 Å². The molecule has 2 aromatic rings. The van der Waals surface area contributed by atoms with Gasteiger partial charge in [-0.25, -0.2) is 0 Å². The molecule has 0 atom stereocenters. The summed E-state index contributed by atoms with van der Waals surface area (Å²) in [6, 6.07) is 12.7. The molecular weight excluding hydrogens is 360 g/mol. The normalized spacial score (nSPS) is 16.8. The van der Waals surface area contributed by atoms with Gasteiger partial charge in [0.25, 0.3) is 0 Å². The van der Waals surface area contributed by atoms with Gasteiger partial charge in [-0.3, -0.25) is 9.80 Å². The van der Waals surface area contributed by atoms with E-state index in [9.17, 15) is 0 Å². The summed E-state index contributed by atoms with van der Waals surface area (Å²) in [4.78, 5) is 6.49. The molecule has 118 valence electrons. The second-order valence-electron chi connectivity index (χ2n) is 5.57. The van der Waals surface area contributed by atoms with E-state index in [2.05, 4.69) is 50.0 Å². The molecule has 0 spiro atoms. The van der Waals surface area contributed by atoms with E-state index in [1.807, 2.05) is 23.5 Å². The molecule has 5 heteroatoms. The summed E-state index contributed by atoms with van der Waals surface area (Å²) < 4.78 is 6.67. The van der Waals surface area contributed by atoms with Gasteiger partial charge in [-0.2, -0.15) is 0 Å². The molecule has 0 N–H and O–H groups in total. The first-order chi connectivity index (χ1) is 10.7. The lowest BCUT2D eigenvalue weighted by molar-refractivity contribution is 0.122. The fourth-order valence-corrected chi connectivity index (χ4v) is 4.36. The number of hydrogen-bond donors (Lipinski definition) is 0. The number of ether oxygens (including phenoxy) is 1. The van der Waals surface area contributed by atoms with Crippen molar-refractivity contribution in [1.82, 2.24) is 9.80 Å². The lowest BCUT2D eigenvalue weighted by Gasteiger charge is -2.34. The third-order valence-corrected chi connectivity index (χ3v) is 5.67. The van der Waals surface area contributed by atoms with Crippen LogP contribution in [0, 0.1) is 0 Å². The summed E-state index contributed by atoms with van der Waals surface area (Å²) in [5.74, 6) is 0.994. The summed E-state index contributed by atoms with van der Waals surface area (Å²) in [7, 11) is 1.75. The zero-order valence-corrected chi connectivity index (χ0v) is 15.2. The fraction of sp³-hybridized carbons (Fsp3) is 0.412. The van der Waals surface area contributed by atoms with Crippen LogP contribution < -0.4 is 4.74 Å². The molecule has 1 fully saturated rings. The van der Waals surface area contributed by atoms with Crippen LogP contribution in [0.4, 0.5) is 0 Å². The predicted octanol–water partition coefficient (Wildman–Crippen LogP) is 3.84. The Balaban J connectivity index is 1.51. The zero-order chi connectivity index (χ0) is 15.4. The van der Waals surface area contributed by atoms with E-state index in [-0.39, 0.29) is 0 Å². The first-order valence-corrected chi connectivity index (χ1v) is 9.16. The number of rotatable bonds is 5. The van der Waals surface area contributed by atoms with Crippen molar-refractivity contribution in [2.75, 3.05) is 33.3 Å². The van der Waals surface area contributed by atoms with Crippen LogP contribution in [0.25, 0.3) is 0 Å². The van der Waals surface area contributed by atoms with Gasteiger partial charge >= 0.3 is 0 Å². The van der Waals surface area contributed by atoms with Crippen molar-refractivity contribution in [2.45, 2.75) is 13.1 Å². The quantitative estimate of drug-likeness (QED) is 0.783. The van der Waals surface area contributed by atoms with Crippen molar-refractivity contribution in [3.63, 3.8) is 0 Å². The van der Waals surface area contributed by atoms with Crippen LogP contribution in [0.5, 0.6) is 5.75 Å². The molecule has 1 aromatic carbocycles. The number of halogens is 1. The van der Waals surface area contributed by atoms with E-state index in [0.717, 1.165) is 45.0 Å². The highest BCUT2D eigenvalue weighted by molar-refractivity contribution is 9.11. The monoisotopic (exact) mass is 380 g/mol. The predicted molar refractivity (Wildman–Crippen MR) is 95.6 cm³/mol. The summed E-state index contributed by atoms with van der Waals surface area (Å²) in [6.45, 7) is 6.53. The van der Waals surface area contributed by atoms with Crippen LogP contribution >= 0.6 is 27.3 Å². The maximum absolute atomic E-state index is 5.45. The molecule has 0 bridgehead atoms. The van der Waals surface area contributed by atoms with Gasteiger partial charge in [-0.05, 0) is 34.1 Å². The van der Waals surface area contributed by atoms with E-state index in [1.165, 1.54) is 14.2 Å². The molecule has 2 heterocycles. The van der Waals surface area contributed by atoms with Gasteiger partial charge in [0.15, 0.2) is 0 Å². The first kappa shape index (κ1) is 16.0. The minimum Gasteiger partial charge on any atom is -0.496 e. The molecule has 0 unspecified atom stereocenters. The first-order valence-electron chi connectivity index (χ1n) is 7.55. The molecule has 0 aliphatic carbocycles. The average molecular weight is 381 g/mol. The fourth-order valence-electron chi connectivity index (χ4n) is 2.84. The van der Waals surface area contributed by atoms with Gasteiger partial charge in [-0.1, -0.05) is 18.2 Å². The van der Waals surface area contributed by atoms with Crippen molar-refractivity contribution in [3.05, 3.63) is 50.6 Å². The van der Waals surface area contributed by atoms with Gasteiger partial charge in [0.1, 0.15) is 5.75 Å². The minimum absolute atomic E-state index is 0.975. The molecule has 1 aromatic heterocycles. The molecular formula is C17H21BrN2OS. The Bertz CT molecular complexity index is 608. The standard InChI is InChI=1S/C17H21BrN2OS/c1-21-16-5-3-2-4-14(16)12-19-8-10-20(11-9-19)13-15-6-7-17(18)22-15/h2-7H,8-13H2,1H3. The van der Waals surface area contributed by atoms with Gasteiger partial charge in [0, 0.05) is 49.7 Å². The van der Waals surface area contributed by atoms with E-state index in [0.29, 0.717) is 0 Å². The van der Waals surface area contributed by atoms with Gasteiger partial charge < -0.3 is 4.74 Å². The van der Waals surface area contributed by atoms with Crippen LogP contribution in [-0.2, 0) is 13.1 Å². The number of benzene rings is 1. The highest BCUT2D eigenvalue weighted by Gasteiger charge is 2.18. The molecule has 1 saturated heterocycles. The minimum atomic E-state index is 0.975. The molecule has 3 rings (SSSR count). The Hall–Kier alpha value is -0.880. The van der Waals surface area contributed by atoms with Gasteiger partial charge in [0.05, 0.1) is 10.9 Å². The largest absolute Gasteiger partial charge is 0.496 e. The maximum Gasteiger partial charge on any atom is 0.123 e. The molecule has 1 aliphatic rings. The zero-order valence-electron chi connectivity index (χ0n) is 12.8. The molecule has 0 saturated carbocycles. The summed E-state index contributed by atoms with van der Waals surface area (Å²) >= 11 is 5.37. The van der Waals surface area contributed by atoms with Crippen molar-refractivity contribution in [2.24, 2.45) is 0 Å². The summed E-state index contributed by atoms with van der Waals surface area (Å²) in [5.41, 5.74) is 1.28. The molecule has 3 nitrogen and oxygen atoms in total. The number of nitrogens with zero attached hydrogens (tertiary/aromatic N) is 2. The molecule has 22 heavy (non-hydrogen) atoms. The van der Waals surface area contributed by atoms with Crippen molar-refractivity contribution >= 4 is 27.3 Å². The second-order valence-corrected chi connectivity index (χ2v) is 8.12. The molecule has 0 radical (unpaired) electrons. The highest BCUT2D eigenvalue weighted by atomic mass is 79.9. The lowest BCUT2D eigenvalue weighted by Crippen LogP contribution is -2.45. The van der Waals surface area contributed by atoms with E-state index < -0.39 is 0 Å². The summed E-state index contributed by atoms with van der Waals surface area (Å²) in [5, 5.41) is 0. The lowest BCUT2D eigenvalue weighted by atomic mass is 10.1. The molecule has 0 amide bonds. The SMILES string of the molecule is COc1ccccc1CN1CCN(Cc2ccc(Br)s2)CC1.